The Kier molecular flexibility index (Phi) is 3.14. The summed E-state index contributed by atoms with van der Waals surface area (Å²) in [4.78, 5) is 14.9. The summed E-state index contributed by atoms with van der Waals surface area (Å²) in [6.45, 7) is 0. The Morgan fingerprint density at radius 3 is 3.12 bits per heavy atom. The molecule has 0 saturated carbocycles. The lowest BCUT2D eigenvalue weighted by Gasteiger charge is -2.00. The largest absolute Gasteiger partial charge is 0.481 e. The molecule has 1 unspecified atom stereocenters. The number of carboxylic acid groups (broad SMARTS) is 1. The van der Waals surface area contributed by atoms with Gasteiger partial charge in [0.1, 0.15) is 0 Å². The van der Waals surface area contributed by atoms with Gasteiger partial charge in [-0.1, -0.05) is 12.1 Å². The normalized spacial score (nSPS) is 19.5. The van der Waals surface area contributed by atoms with Crippen LogP contribution in [0.15, 0.2) is 29.3 Å². The van der Waals surface area contributed by atoms with Crippen LogP contribution in [0.25, 0.3) is 0 Å². The standard InChI is InChI=1S/C11H12N2O2S/c12-8-3-1-2-7(4-8)11-13-9(6-16-11)5-10(14)15/h1-4,9H,5-6,12H2,(H,14,15). The average Bonchev–Trinajstić information content (AvgIpc) is 2.65. The first-order valence-corrected chi connectivity index (χ1v) is 5.92. The SMILES string of the molecule is Nc1cccc(C2=NC(CC(=O)O)CS2)c1. The number of aliphatic imine (C=N–C) groups is 1. The number of nitrogen functional groups attached to an aromatic ring is 1. The minimum absolute atomic E-state index is 0.0960. The summed E-state index contributed by atoms with van der Waals surface area (Å²) in [6.07, 6.45) is 0.0960. The van der Waals surface area contributed by atoms with Crippen molar-refractivity contribution in [3.05, 3.63) is 29.8 Å². The monoisotopic (exact) mass is 236 g/mol. The zero-order chi connectivity index (χ0) is 11.5. The molecule has 0 spiro atoms. The minimum atomic E-state index is -0.803. The molecule has 1 atom stereocenters. The molecule has 0 amide bonds. The highest BCUT2D eigenvalue weighted by Crippen LogP contribution is 2.25. The molecule has 0 saturated heterocycles. The Morgan fingerprint density at radius 2 is 2.44 bits per heavy atom. The van der Waals surface area contributed by atoms with Crippen LogP contribution in [0.1, 0.15) is 12.0 Å². The number of thioether (sulfide) groups is 1. The lowest BCUT2D eigenvalue weighted by Crippen LogP contribution is -2.10. The molecule has 1 aromatic carbocycles. The van der Waals surface area contributed by atoms with E-state index in [-0.39, 0.29) is 12.5 Å². The second-order valence-corrected chi connectivity index (χ2v) is 4.63. The van der Waals surface area contributed by atoms with Crippen molar-refractivity contribution in [2.24, 2.45) is 4.99 Å². The van der Waals surface area contributed by atoms with E-state index in [9.17, 15) is 4.79 Å². The smallest absolute Gasteiger partial charge is 0.305 e. The molecular weight excluding hydrogens is 224 g/mol. The van der Waals surface area contributed by atoms with E-state index in [1.54, 1.807) is 11.8 Å². The molecule has 0 bridgehead atoms. The lowest BCUT2D eigenvalue weighted by atomic mass is 10.2. The molecule has 2 rings (SSSR count). The number of hydrogen-bond acceptors (Lipinski definition) is 4. The quantitative estimate of drug-likeness (QED) is 0.782. The number of rotatable bonds is 3. The van der Waals surface area contributed by atoms with Crippen molar-refractivity contribution < 1.29 is 9.90 Å². The van der Waals surface area contributed by atoms with Crippen LogP contribution in [0, 0.1) is 0 Å². The van der Waals surface area contributed by atoms with Crippen molar-refractivity contribution in [3.63, 3.8) is 0 Å². The van der Waals surface area contributed by atoms with E-state index in [1.165, 1.54) is 0 Å². The third kappa shape index (κ3) is 2.55. The highest BCUT2D eigenvalue weighted by molar-refractivity contribution is 8.14. The second-order valence-electron chi connectivity index (χ2n) is 3.62. The topological polar surface area (TPSA) is 75.7 Å². The van der Waals surface area contributed by atoms with Gasteiger partial charge in [-0.3, -0.25) is 9.79 Å². The molecule has 3 N–H and O–H groups in total. The van der Waals surface area contributed by atoms with E-state index in [0.29, 0.717) is 5.69 Å². The van der Waals surface area contributed by atoms with Gasteiger partial charge in [-0.2, -0.15) is 0 Å². The average molecular weight is 236 g/mol. The fourth-order valence-electron chi connectivity index (χ4n) is 1.55. The van der Waals surface area contributed by atoms with Crippen molar-refractivity contribution in [2.75, 3.05) is 11.5 Å². The van der Waals surface area contributed by atoms with Gasteiger partial charge in [0.25, 0.3) is 0 Å². The maximum Gasteiger partial charge on any atom is 0.305 e. The Hall–Kier alpha value is -1.49. The number of anilines is 1. The summed E-state index contributed by atoms with van der Waals surface area (Å²) in [6, 6.07) is 7.37. The van der Waals surface area contributed by atoms with Crippen LogP contribution in [0.5, 0.6) is 0 Å². The van der Waals surface area contributed by atoms with Gasteiger partial charge >= 0.3 is 5.97 Å². The summed E-state index contributed by atoms with van der Waals surface area (Å²) in [5.41, 5.74) is 7.35. The molecule has 1 aliphatic rings. The van der Waals surface area contributed by atoms with Crippen LogP contribution in [0.3, 0.4) is 0 Å². The van der Waals surface area contributed by atoms with Gasteiger partial charge in [-0.15, -0.1) is 11.8 Å². The van der Waals surface area contributed by atoms with Gasteiger partial charge in [0.15, 0.2) is 0 Å². The number of aliphatic carboxylic acids is 1. The molecule has 1 aromatic rings. The molecule has 1 aliphatic heterocycles. The van der Waals surface area contributed by atoms with Crippen LogP contribution < -0.4 is 5.73 Å². The first-order valence-electron chi connectivity index (χ1n) is 4.93. The van der Waals surface area contributed by atoms with Crippen LogP contribution in [0.4, 0.5) is 5.69 Å². The van der Waals surface area contributed by atoms with E-state index in [1.807, 2.05) is 24.3 Å². The first kappa shape index (κ1) is 11.0. The molecule has 0 aromatic heterocycles. The molecule has 0 aliphatic carbocycles. The van der Waals surface area contributed by atoms with Crippen LogP contribution in [-0.2, 0) is 4.79 Å². The number of nitrogens with two attached hydrogens (primary N) is 1. The highest BCUT2D eigenvalue weighted by atomic mass is 32.2. The predicted octanol–water partition coefficient (Wildman–Crippen LogP) is 1.61. The molecule has 84 valence electrons. The summed E-state index contributed by atoms with van der Waals surface area (Å²) in [5, 5.41) is 9.56. The van der Waals surface area contributed by atoms with Gasteiger partial charge in [0.05, 0.1) is 17.5 Å². The maximum absolute atomic E-state index is 10.6. The third-order valence-corrected chi connectivity index (χ3v) is 3.42. The van der Waals surface area contributed by atoms with E-state index in [4.69, 9.17) is 10.8 Å². The molecule has 4 nitrogen and oxygen atoms in total. The number of carbonyl (C=O) groups is 1. The number of hydrogen-bond donors (Lipinski definition) is 2. The summed E-state index contributed by atoms with van der Waals surface area (Å²) in [7, 11) is 0. The molecule has 0 fully saturated rings. The summed E-state index contributed by atoms with van der Waals surface area (Å²) >= 11 is 1.59. The third-order valence-electron chi connectivity index (χ3n) is 2.26. The number of nitrogens with zero attached hydrogens (tertiary/aromatic N) is 1. The predicted molar refractivity (Wildman–Crippen MR) is 65.9 cm³/mol. The van der Waals surface area contributed by atoms with E-state index >= 15 is 0 Å². The van der Waals surface area contributed by atoms with Crippen molar-refractivity contribution in [1.82, 2.24) is 0 Å². The number of benzene rings is 1. The minimum Gasteiger partial charge on any atom is -0.481 e. The second kappa shape index (κ2) is 4.57. The van der Waals surface area contributed by atoms with Crippen LogP contribution in [-0.4, -0.2) is 27.9 Å². The van der Waals surface area contributed by atoms with Crippen molar-refractivity contribution >= 4 is 28.5 Å². The molecule has 0 radical (unpaired) electrons. The molecule has 1 heterocycles. The summed E-state index contributed by atoms with van der Waals surface area (Å²) < 4.78 is 0. The fraction of sp³-hybridized carbons (Fsp3) is 0.273. The van der Waals surface area contributed by atoms with Gasteiger partial charge in [-0.25, -0.2) is 0 Å². The zero-order valence-electron chi connectivity index (χ0n) is 8.59. The fourth-order valence-corrected chi connectivity index (χ4v) is 2.61. The maximum atomic E-state index is 10.6. The van der Waals surface area contributed by atoms with E-state index in [0.717, 1.165) is 16.4 Å². The Bertz CT molecular complexity index is 445. The Balaban J connectivity index is 2.14. The Labute approximate surface area is 97.6 Å². The lowest BCUT2D eigenvalue weighted by molar-refractivity contribution is -0.137. The van der Waals surface area contributed by atoms with Gasteiger partial charge < -0.3 is 10.8 Å². The first-order chi connectivity index (χ1) is 7.65. The summed E-state index contributed by atoms with van der Waals surface area (Å²) in [5.74, 6) is -0.0700. The molecule has 16 heavy (non-hydrogen) atoms. The van der Waals surface area contributed by atoms with Gasteiger partial charge in [0, 0.05) is 17.0 Å². The van der Waals surface area contributed by atoms with Crippen LogP contribution >= 0.6 is 11.8 Å². The van der Waals surface area contributed by atoms with Crippen molar-refractivity contribution in [2.45, 2.75) is 12.5 Å². The molecule has 5 heteroatoms. The van der Waals surface area contributed by atoms with Crippen molar-refractivity contribution in [1.29, 1.82) is 0 Å². The Morgan fingerprint density at radius 1 is 1.62 bits per heavy atom. The molecular formula is C11H12N2O2S. The van der Waals surface area contributed by atoms with Crippen LogP contribution in [0.2, 0.25) is 0 Å². The van der Waals surface area contributed by atoms with Gasteiger partial charge in [-0.05, 0) is 12.1 Å². The van der Waals surface area contributed by atoms with Crippen molar-refractivity contribution in [3.8, 4) is 0 Å². The zero-order valence-corrected chi connectivity index (χ0v) is 9.41. The van der Waals surface area contributed by atoms with E-state index in [2.05, 4.69) is 4.99 Å². The van der Waals surface area contributed by atoms with Gasteiger partial charge in [0.2, 0.25) is 0 Å². The van der Waals surface area contributed by atoms with E-state index < -0.39 is 5.97 Å². The number of carboxylic acids is 1. The highest BCUT2D eigenvalue weighted by Gasteiger charge is 2.21.